The molecule has 0 saturated heterocycles. The largest absolute Gasteiger partial charge is 0.326 e. The van der Waals surface area contributed by atoms with Gasteiger partial charge in [0, 0.05) is 12.1 Å². The van der Waals surface area contributed by atoms with E-state index in [-0.39, 0.29) is 5.54 Å². The Balaban J connectivity index is 2.53. The number of hydrogen-bond donors (Lipinski definition) is 1. The van der Waals surface area contributed by atoms with Gasteiger partial charge in [-0.1, -0.05) is 12.1 Å². The van der Waals surface area contributed by atoms with Gasteiger partial charge in [0.2, 0.25) is 0 Å². The average Bonchev–Trinajstić information content (AvgIpc) is 2.28. The molecule has 1 rings (SSSR count). The monoisotopic (exact) mass is 262 g/mol. The molecular formula is C17H30N2. The molecule has 2 nitrogen and oxygen atoms in total. The Bertz CT molecular complexity index is 416. The summed E-state index contributed by atoms with van der Waals surface area (Å²) < 4.78 is 0. The Labute approximate surface area is 119 Å². The Morgan fingerprint density at radius 2 is 1.74 bits per heavy atom. The minimum atomic E-state index is -0.0444. The normalized spacial score (nSPS) is 12.2. The van der Waals surface area contributed by atoms with Crippen LogP contribution in [0.1, 0.15) is 48.9 Å². The molecule has 2 N–H and O–H groups in total. The third kappa shape index (κ3) is 5.33. The molecule has 1 aromatic carbocycles. The average molecular weight is 262 g/mol. The molecule has 0 unspecified atom stereocenters. The number of aryl methyl sites for hydroxylation is 1. The number of nitrogens with zero attached hydrogens (tertiary/aromatic N) is 1. The summed E-state index contributed by atoms with van der Waals surface area (Å²) in [6.07, 6.45) is 2.23. The van der Waals surface area contributed by atoms with Gasteiger partial charge in [-0.3, -0.25) is 0 Å². The molecule has 0 aromatic heterocycles. The van der Waals surface area contributed by atoms with Crippen molar-refractivity contribution in [2.75, 3.05) is 13.6 Å². The lowest BCUT2D eigenvalue weighted by molar-refractivity contribution is 0.302. The molecule has 0 heterocycles. The van der Waals surface area contributed by atoms with Crippen LogP contribution in [-0.4, -0.2) is 24.0 Å². The molecule has 0 bridgehead atoms. The molecule has 0 spiro atoms. The van der Waals surface area contributed by atoms with Crippen molar-refractivity contribution in [1.82, 2.24) is 4.90 Å². The van der Waals surface area contributed by atoms with Crippen LogP contribution >= 0.6 is 0 Å². The molecule has 0 amide bonds. The molecule has 108 valence electrons. The standard InChI is InChI=1S/C17H30N2/c1-13-8-9-16(15(3)14(13)2)12-19(6)11-7-10-17(4,5)18/h8-9H,7,10-12,18H2,1-6H3. The second-order valence-electron chi connectivity index (χ2n) is 6.62. The third-order valence-electron chi connectivity index (χ3n) is 3.97. The number of rotatable bonds is 6. The van der Waals surface area contributed by atoms with E-state index < -0.39 is 0 Å². The van der Waals surface area contributed by atoms with Gasteiger partial charge in [-0.05, 0) is 83.3 Å². The van der Waals surface area contributed by atoms with Gasteiger partial charge in [-0.15, -0.1) is 0 Å². The van der Waals surface area contributed by atoms with Crippen LogP contribution in [-0.2, 0) is 6.54 Å². The molecule has 0 radical (unpaired) electrons. The quantitative estimate of drug-likeness (QED) is 0.849. The molecule has 2 heteroatoms. The van der Waals surface area contributed by atoms with E-state index in [9.17, 15) is 0 Å². The van der Waals surface area contributed by atoms with Gasteiger partial charge < -0.3 is 10.6 Å². The molecule has 0 aliphatic rings. The smallest absolute Gasteiger partial charge is 0.0233 e. The zero-order chi connectivity index (χ0) is 14.6. The molecular weight excluding hydrogens is 232 g/mol. The van der Waals surface area contributed by atoms with Crippen LogP contribution in [0.4, 0.5) is 0 Å². The molecule has 0 saturated carbocycles. The van der Waals surface area contributed by atoms with Crippen LogP contribution in [0.15, 0.2) is 12.1 Å². The first-order valence-corrected chi connectivity index (χ1v) is 7.24. The van der Waals surface area contributed by atoms with Crippen LogP contribution in [0.3, 0.4) is 0 Å². The summed E-state index contributed by atoms with van der Waals surface area (Å²) in [5, 5.41) is 0. The number of nitrogens with two attached hydrogens (primary N) is 1. The first-order valence-electron chi connectivity index (χ1n) is 7.24. The Morgan fingerprint density at radius 3 is 2.32 bits per heavy atom. The van der Waals surface area contributed by atoms with E-state index in [0.717, 1.165) is 25.9 Å². The fraction of sp³-hybridized carbons (Fsp3) is 0.647. The van der Waals surface area contributed by atoms with E-state index in [1.807, 2.05) is 0 Å². The summed E-state index contributed by atoms with van der Waals surface area (Å²) in [7, 11) is 2.19. The molecule has 1 aromatic rings. The molecule has 0 fully saturated rings. The van der Waals surface area contributed by atoms with E-state index in [2.05, 4.69) is 58.7 Å². The predicted molar refractivity (Wildman–Crippen MR) is 84.5 cm³/mol. The van der Waals surface area contributed by atoms with Crippen molar-refractivity contribution >= 4 is 0 Å². The topological polar surface area (TPSA) is 29.3 Å². The van der Waals surface area contributed by atoms with Gasteiger partial charge in [-0.2, -0.15) is 0 Å². The van der Waals surface area contributed by atoms with Crippen LogP contribution in [0, 0.1) is 20.8 Å². The van der Waals surface area contributed by atoms with Crippen LogP contribution in [0.25, 0.3) is 0 Å². The zero-order valence-electron chi connectivity index (χ0n) is 13.5. The second-order valence-corrected chi connectivity index (χ2v) is 6.62. The fourth-order valence-electron chi connectivity index (χ4n) is 2.36. The Morgan fingerprint density at radius 1 is 1.11 bits per heavy atom. The second kappa shape index (κ2) is 6.53. The predicted octanol–water partition coefficient (Wildman–Crippen LogP) is 3.56. The zero-order valence-corrected chi connectivity index (χ0v) is 13.5. The van der Waals surface area contributed by atoms with Gasteiger partial charge in [0.25, 0.3) is 0 Å². The maximum absolute atomic E-state index is 6.02. The minimum absolute atomic E-state index is 0.0444. The highest BCUT2D eigenvalue weighted by molar-refractivity contribution is 5.38. The molecule has 0 atom stereocenters. The van der Waals surface area contributed by atoms with Crippen molar-refractivity contribution < 1.29 is 0 Å². The summed E-state index contributed by atoms with van der Waals surface area (Å²) in [4.78, 5) is 2.39. The number of benzene rings is 1. The van der Waals surface area contributed by atoms with E-state index in [4.69, 9.17) is 5.73 Å². The van der Waals surface area contributed by atoms with Crippen molar-refractivity contribution in [3.05, 3.63) is 34.4 Å². The minimum Gasteiger partial charge on any atom is -0.326 e. The van der Waals surface area contributed by atoms with Gasteiger partial charge in [0.15, 0.2) is 0 Å². The van der Waals surface area contributed by atoms with Crippen molar-refractivity contribution in [3.63, 3.8) is 0 Å². The summed E-state index contributed by atoms with van der Waals surface area (Å²) in [6.45, 7) is 12.9. The van der Waals surface area contributed by atoms with Gasteiger partial charge in [0.05, 0.1) is 0 Å². The Hall–Kier alpha value is -0.860. The molecule has 0 aliphatic carbocycles. The lowest BCUT2D eigenvalue weighted by Gasteiger charge is -2.22. The summed E-state index contributed by atoms with van der Waals surface area (Å²) in [5.41, 5.74) is 11.7. The molecule has 0 aliphatic heterocycles. The van der Waals surface area contributed by atoms with Gasteiger partial charge in [0.1, 0.15) is 0 Å². The van der Waals surface area contributed by atoms with Gasteiger partial charge >= 0.3 is 0 Å². The maximum Gasteiger partial charge on any atom is 0.0233 e. The highest BCUT2D eigenvalue weighted by Crippen LogP contribution is 2.18. The van der Waals surface area contributed by atoms with Crippen molar-refractivity contribution in [2.24, 2.45) is 5.73 Å². The SMILES string of the molecule is Cc1ccc(CN(C)CCCC(C)(C)N)c(C)c1C. The van der Waals surface area contributed by atoms with Crippen molar-refractivity contribution in [3.8, 4) is 0 Å². The van der Waals surface area contributed by atoms with Crippen LogP contribution in [0.2, 0.25) is 0 Å². The van der Waals surface area contributed by atoms with E-state index in [1.54, 1.807) is 0 Å². The van der Waals surface area contributed by atoms with Crippen LogP contribution in [0.5, 0.6) is 0 Å². The summed E-state index contributed by atoms with van der Waals surface area (Å²) in [5.74, 6) is 0. The fourth-order valence-corrected chi connectivity index (χ4v) is 2.36. The first-order chi connectivity index (χ1) is 8.70. The van der Waals surface area contributed by atoms with E-state index in [1.165, 1.54) is 22.3 Å². The van der Waals surface area contributed by atoms with Crippen molar-refractivity contribution in [2.45, 2.75) is 59.5 Å². The van der Waals surface area contributed by atoms with E-state index in [0.29, 0.717) is 0 Å². The lowest BCUT2D eigenvalue weighted by atomic mass is 9.98. The summed E-state index contributed by atoms with van der Waals surface area (Å²) in [6, 6.07) is 4.50. The highest BCUT2D eigenvalue weighted by Gasteiger charge is 2.11. The summed E-state index contributed by atoms with van der Waals surface area (Å²) >= 11 is 0. The molecule has 19 heavy (non-hydrogen) atoms. The van der Waals surface area contributed by atoms with Gasteiger partial charge in [-0.25, -0.2) is 0 Å². The van der Waals surface area contributed by atoms with E-state index >= 15 is 0 Å². The van der Waals surface area contributed by atoms with Crippen LogP contribution < -0.4 is 5.73 Å². The Kier molecular flexibility index (Phi) is 5.57. The van der Waals surface area contributed by atoms with Crippen molar-refractivity contribution in [1.29, 1.82) is 0 Å². The third-order valence-corrected chi connectivity index (χ3v) is 3.97. The number of hydrogen-bond acceptors (Lipinski definition) is 2. The highest BCUT2D eigenvalue weighted by atomic mass is 15.1. The first kappa shape index (κ1) is 16.2. The lowest BCUT2D eigenvalue weighted by Crippen LogP contribution is -2.33. The maximum atomic E-state index is 6.02.